The zero-order chi connectivity index (χ0) is 13.4. The van der Waals surface area contributed by atoms with Gasteiger partial charge in [-0.2, -0.15) is 0 Å². The van der Waals surface area contributed by atoms with Gasteiger partial charge in [-0.15, -0.1) is 0 Å². The molecule has 2 atom stereocenters. The maximum Gasteiger partial charge on any atom is 0.151 e. The van der Waals surface area contributed by atoms with Crippen LogP contribution in [0, 0.1) is 11.8 Å². The number of sulfone groups is 1. The van der Waals surface area contributed by atoms with E-state index in [4.69, 9.17) is 0 Å². The number of hydrogen-bond acceptors (Lipinski definition) is 4. The highest BCUT2D eigenvalue weighted by atomic mass is 32.2. The standard InChI is InChI=1S/C13H26N2O2S/c1-4-6-18(16,17)7-5-15-10-11-8-14-9-12(11)13(15,2)3/h11-12,14H,4-10H2,1-3H3. The highest BCUT2D eigenvalue weighted by molar-refractivity contribution is 7.91. The topological polar surface area (TPSA) is 49.4 Å². The summed E-state index contributed by atoms with van der Waals surface area (Å²) in [6, 6.07) is 0. The molecular formula is C13H26N2O2S. The van der Waals surface area contributed by atoms with Gasteiger partial charge in [0.15, 0.2) is 9.84 Å². The molecule has 0 aromatic heterocycles. The first kappa shape index (κ1) is 14.3. The van der Waals surface area contributed by atoms with Crippen molar-refractivity contribution in [3.05, 3.63) is 0 Å². The smallest absolute Gasteiger partial charge is 0.151 e. The van der Waals surface area contributed by atoms with Crippen molar-refractivity contribution in [2.24, 2.45) is 11.8 Å². The van der Waals surface area contributed by atoms with Gasteiger partial charge in [0.1, 0.15) is 0 Å². The van der Waals surface area contributed by atoms with Crippen LogP contribution in [0.4, 0.5) is 0 Å². The van der Waals surface area contributed by atoms with Crippen molar-refractivity contribution in [2.45, 2.75) is 32.7 Å². The number of nitrogens with one attached hydrogen (secondary N) is 1. The Morgan fingerprint density at radius 2 is 2.00 bits per heavy atom. The normalized spacial score (nSPS) is 31.7. The number of hydrogen-bond donors (Lipinski definition) is 1. The van der Waals surface area contributed by atoms with Gasteiger partial charge >= 0.3 is 0 Å². The van der Waals surface area contributed by atoms with E-state index >= 15 is 0 Å². The molecule has 106 valence electrons. The third-order valence-corrected chi connectivity index (χ3v) is 6.54. The fraction of sp³-hybridized carbons (Fsp3) is 1.00. The van der Waals surface area contributed by atoms with Crippen molar-refractivity contribution < 1.29 is 8.42 Å². The molecule has 0 saturated carbocycles. The van der Waals surface area contributed by atoms with Gasteiger partial charge in [-0.1, -0.05) is 6.92 Å². The minimum atomic E-state index is -2.85. The third-order valence-electron chi connectivity index (χ3n) is 4.70. The zero-order valence-electron chi connectivity index (χ0n) is 11.8. The van der Waals surface area contributed by atoms with Crippen LogP contribution in [0.5, 0.6) is 0 Å². The van der Waals surface area contributed by atoms with Crippen LogP contribution in [0.2, 0.25) is 0 Å². The Hall–Kier alpha value is -0.130. The average Bonchev–Trinajstić information content (AvgIpc) is 2.79. The van der Waals surface area contributed by atoms with Crippen LogP contribution in [-0.2, 0) is 9.84 Å². The van der Waals surface area contributed by atoms with Gasteiger partial charge in [0.25, 0.3) is 0 Å². The van der Waals surface area contributed by atoms with Gasteiger partial charge in [-0.3, -0.25) is 4.90 Å². The van der Waals surface area contributed by atoms with Gasteiger partial charge in [0.2, 0.25) is 0 Å². The van der Waals surface area contributed by atoms with E-state index in [0.717, 1.165) is 26.1 Å². The molecule has 2 aliphatic rings. The van der Waals surface area contributed by atoms with Gasteiger partial charge in [-0.25, -0.2) is 8.42 Å². The Morgan fingerprint density at radius 3 is 2.61 bits per heavy atom. The molecule has 2 unspecified atom stereocenters. The van der Waals surface area contributed by atoms with E-state index < -0.39 is 9.84 Å². The lowest BCUT2D eigenvalue weighted by molar-refractivity contribution is 0.148. The first-order valence-corrected chi connectivity index (χ1v) is 8.85. The van der Waals surface area contributed by atoms with Crippen molar-refractivity contribution >= 4 is 9.84 Å². The van der Waals surface area contributed by atoms with E-state index in [1.54, 1.807) is 0 Å². The molecule has 2 heterocycles. The van der Waals surface area contributed by atoms with Crippen LogP contribution in [-0.4, -0.2) is 56.5 Å². The molecule has 2 aliphatic heterocycles. The molecule has 0 aliphatic carbocycles. The summed E-state index contributed by atoms with van der Waals surface area (Å²) in [4.78, 5) is 2.39. The molecule has 2 saturated heterocycles. The fourth-order valence-corrected chi connectivity index (χ4v) is 4.87. The number of fused-ring (bicyclic) bond motifs is 1. The molecule has 0 aromatic carbocycles. The molecule has 1 N–H and O–H groups in total. The lowest BCUT2D eigenvalue weighted by atomic mass is 9.85. The Morgan fingerprint density at radius 1 is 1.28 bits per heavy atom. The van der Waals surface area contributed by atoms with E-state index in [9.17, 15) is 8.42 Å². The van der Waals surface area contributed by atoms with Crippen molar-refractivity contribution in [1.29, 1.82) is 0 Å². The highest BCUT2D eigenvalue weighted by Gasteiger charge is 2.49. The Kier molecular flexibility index (Phi) is 4.04. The Labute approximate surface area is 111 Å². The van der Waals surface area contributed by atoms with Crippen LogP contribution in [0.1, 0.15) is 27.2 Å². The SMILES string of the molecule is CCCS(=O)(=O)CCN1CC2CNCC2C1(C)C. The summed E-state index contributed by atoms with van der Waals surface area (Å²) in [6.45, 7) is 10.4. The predicted molar refractivity (Wildman–Crippen MR) is 74.4 cm³/mol. The maximum atomic E-state index is 11.8. The molecule has 18 heavy (non-hydrogen) atoms. The second-order valence-corrected chi connectivity index (χ2v) is 8.58. The van der Waals surface area contributed by atoms with E-state index in [-0.39, 0.29) is 5.54 Å². The summed E-state index contributed by atoms with van der Waals surface area (Å²) < 4.78 is 23.6. The molecule has 0 radical (unpaired) electrons. The minimum absolute atomic E-state index is 0.135. The summed E-state index contributed by atoms with van der Waals surface area (Å²) in [5, 5.41) is 3.45. The van der Waals surface area contributed by atoms with Crippen molar-refractivity contribution in [1.82, 2.24) is 10.2 Å². The summed E-state index contributed by atoms with van der Waals surface area (Å²) >= 11 is 0. The second-order valence-electron chi connectivity index (χ2n) is 6.28. The minimum Gasteiger partial charge on any atom is -0.316 e. The Balaban J connectivity index is 1.95. The Bertz CT molecular complexity index is 392. The van der Waals surface area contributed by atoms with E-state index in [0.29, 0.717) is 29.9 Å². The number of likely N-dealkylation sites (tertiary alicyclic amines) is 1. The van der Waals surface area contributed by atoms with Crippen LogP contribution >= 0.6 is 0 Å². The summed E-state index contributed by atoms with van der Waals surface area (Å²) in [6.07, 6.45) is 0.723. The van der Waals surface area contributed by atoms with Gasteiger partial charge in [0.05, 0.1) is 5.75 Å². The summed E-state index contributed by atoms with van der Waals surface area (Å²) in [5.74, 6) is 2.02. The molecule has 4 nitrogen and oxygen atoms in total. The molecule has 0 bridgehead atoms. The predicted octanol–water partition coefficient (Wildman–Crippen LogP) is 0.741. The second kappa shape index (κ2) is 5.10. The van der Waals surface area contributed by atoms with Crippen LogP contribution in [0.15, 0.2) is 0 Å². The van der Waals surface area contributed by atoms with Crippen molar-refractivity contribution in [3.8, 4) is 0 Å². The van der Waals surface area contributed by atoms with E-state index in [1.165, 1.54) is 0 Å². The molecule has 5 heteroatoms. The highest BCUT2D eigenvalue weighted by Crippen LogP contribution is 2.40. The molecule has 0 aromatic rings. The largest absolute Gasteiger partial charge is 0.316 e. The molecular weight excluding hydrogens is 248 g/mol. The summed E-state index contributed by atoms with van der Waals surface area (Å²) in [7, 11) is -2.85. The van der Waals surface area contributed by atoms with Crippen LogP contribution < -0.4 is 5.32 Å². The maximum absolute atomic E-state index is 11.8. The van der Waals surface area contributed by atoms with Gasteiger partial charge in [0, 0.05) is 30.9 Å². The quantitative estimate of drug-likeness (QED) is 0.803. The molecule has 0 spiro atoms. The first-order chi connectivity index (χ1) is 8.37. The van der Waals surface area contributed by atoms with Gasteiger partial charge in [-0.05, 0) is 38.6 Å². The average molecular weight is 274 g/mol. The number of rotatable bonds is 5. The van der Waals surface area contributed by atoms with Crippen molar-refractivity contribution in [3.63, 3.8) is 0 Å². The lowest BCUT2D eigenvalue weighted by Gasteiger charge is -2.35. The van der Waals surface area contributed by atoms with E-state index in [1.807, 2.05) is 6.92 Å². The molecule has 2 fully saturated rings. The van der Waals surface area contributed by atoms with Crippen LogP contribution in [0.3, 0.4) is 0 Å². The zero-order valence-corrected chi connectivity index (χ0v) is 12.6. The first-order valence-electron chi connectivity index (χ1n) is 7.03. The summed E-state index contributed by atoms with van der Waals surface area (Å²) in [5.41, 5.74) is 0.135. The van der Waals surface area contributed by atoms with Gasteiger partial charge < -0.3 is 5.32 Å². The monoisotopic (exact) mass is 274 g/mol. The molecule has 2 rings (SSSR count). The fourth-order valence-electron chi connectivity index (χ4n) is 3.55. The van der Waals surface area contributed by atoms with E-state index in [2.05, 4.69) is 24.1 Å². The molecule has 0 amide bonds. The number of nitrogens with zero attached hydrogens (tertiary/aromatic N) is 1. The van der Waals surface area contributed by atoms with Crippen LogP contribution in [0.25, 0.3) is 0 Å². The van der Waals surface area contributed by atoms with Crippen molar-refractivity contribution in [2.75, 3.05) is 37.7 Å². The third kappa shape index (κ3) is 2.73. The lowest BCUT2D eigenvalue weighted by Crippen LogP contribution is -2.46.